The first-order valence-corrected chi connectivity index (χ1v) is 6.85. The van der Waals surface area contributed by atoms with Gasteiger partial charge in [-0.2, -0.15) is 0 Å². The van der Waals surface area contributed by atoms with E-state index in [2.05, 4.69) is 39.8 Å². The lowest BCUT2D eigenvalue weighted by Gasteiger charge is -2.30. The van der Waals surface area contributed by atoms with Gasteiger partial charge in [-0.15, -0.1) is 0 Å². The van der Waals surface area contributed by atoms with Gasteiger partial charge >= 0.3 is 0 Å². The van der Waals surface area contributed by atoms with E-state index in [9.17, 15) is 0 Å². The summed E-state index contributed by atoms with van der Waals surface area (Å²) in [4.78, 5) is 2.18. The van der Waals surface area contributed by atoms with E-state index in [1.54, 1.807) is 0 Å². The van der Waals surface area contributed by atoms with Gasteiger partial charge in [-0.1, -0.05) is 25.1 Å². The molecule has 0 aromatic heterocycles. The van der Waals surface area contributed by atoms with Crippen LogP contribution in [0.4, 0.5) is 5.69 Å². The number of halogens is 1. The minimum absolute atomic E-state index is 0.121. The molecule has 1 aromatic rings. The van der Waals surface area contributed by atoms with Crippen LogP contribution >= 0.6 is 15.9 Å². The summed E-state index contributed by atoms with van der Waals surface area (Å²) in [5.74, 6) is 0.121. The molecule has 0 amide bonds. The molecule has 3 N–H and O–H groups in total. The zero-order valence-corrected chi connectivity index (χ0v) is 12.6. The zero-order valence-electron chi connectivity index (χ0n) is 11.0. The Balaban J connectivity index is 3.28. The quantitative estimate of drug-likeness (QED) is 0.380. The first-order chi connectivity index (χ1) is 8.56. The van der Waals surface area contributed by atoms with Crippen molar-refractivity contribution < 1.29 is 5.21 Å². The number of rotatable bonds is 5. The summed E-state index contributed by atoms with van der Waals surface area (Å²) in [7, 11) is 2.04. The third-order valence-electron chi connectivity index (χ3n) is 3.23. The van der Waals surface area contributed by atoms with Crippen molar-refractivity contribution in [2.75, 3.05) is 11.9 Å². The Labute approximate surface area is 117 Å². The molecule has 18 heavy (non-hydrogen) atoms. The summed E-state index contributed by atoms with van der Waals surface area (Å²) >= 11 is 3.45. The first kappa shape index (κ1) is 14.8. The van der Waals surface area contributed by atoms with Crippen molar-refractivity contribution >= 4 is 27.5 Å². The Morgan fingerprint density at radius 2 is 2.06 bits per heavy atom. The molecule has 1 rings (SSSR count). The molecule has 1 aromatic carbocycles. The highest BCUT2D eigenvalue weighted by Gasteiger charge is 2.18. The van der Waals surface area contributed by atoms with Gasteiger partial charge in [0.2, 0.25) is 0 Å². The largest absolute Gasteiger partial charge is 0.409 e. The Hall–Kier alpha value is -1.23. The number of anilines is 1. The van der Waals surface area contributed by atoms with Crippen LogP contribution in [0.5, 0.6) is 0 Å². The van der Waals surface area contributed by atoms with Crippen molar-refractivity contribution in [3.8, 4) is 0 Å². The number of amidine groups is 1. The molecule has 0 saturated carbocycles. The van der Waals surface area contributed by atoms with Crippen molar-refractivity contribution in [1.29, 1.82) is 0 Å². The smallest absolute Gasteiger partial charge is 0.173 e. The molecule has 0 spiro atoms. The molecule has 0 atom stereocenters. The minimum atomic E-state index is 0.121. The van der Waals surface area contributed by atoms with Crippen LogP contribution in [0.3, 0.4) is 0 Å². The van der Waals surface area contributed by atoms with Gasteiger partial charge in [0.1, 0.15) is 0 Å². The van der Waals surface area contributed by atoms with E-state index in [4.69, 9.17) is 10.9 Å². The summed E-state index contributed by atoms with van der Waals surface area (Å²) < 4.78 is 0.827. The molecule has 100 valence electrons. The number of nitrogens with zero attached hydrogens (tertiary/aromatic N) is 2. The second-order valence-electron chi connectivity index (χ2n) is 4.20. The second-order valence-corrected chi connectivity index (χ2v) is 5.05. The molecule has 0 heterocycles. The van der Waals surface area contributed by atoms with Crippen LogP contribution in [-0.2, 0) is 0 Å². The average Bonchev–Trinajstić information content (AvgIpc) is 2.38. The van der Waals surface area contributed by atoms with Crippen molar-refractivity contribution in [2.45, 2.75) is 32.7 Å². The predicted molar refractivity (Wildman–Crippen MR) is 79.4 cm³/mol. The Bertz CT molecular complexity index is 430. The molecule has 0 bridgehead atoms. The van der Waals surface area contributed by atoms with Crippen molar-refractivity contribution in [3.63, 3.8) is 0 Å². The fraction of sp³-hybridized carbons (Fsp3) is 0.462. The third kappa shape index (κ3) is 2.96. The predicted octanol–water partition coefficient (Wildman–Crippen LogP) is 3.17. The molecule has 4 nitrogen and oxygen atoms in total. The summed E-state index contributed by atoms with van der Waals surface area (Å²) in [5.41, 5.74) is 7.46. The number of oxime groups is 1. The van der Waals surface area contributed by atoms with Gasteiger partial charge in [-0.05, 0) is 40.9 Å². The summed E-state index contributed by atoms with van der Waals surface area (Å²) in [6, 6.07) is 6.25. The maximum absolute atomic E-state index is 8.90. The van der Waals surface area contributed by atoms with E-state index in [0.29, 0.717) is 6.04 Å². The molecular formula is C13H20BrN3O. The van der Waals surface area contributed by atoms with Crippen LogP contribution in [0.2, 0.25) is 0 Å². The van der Waals surface area contributed by atoms with Crippen molar-refractivity contribution in [2.24, 2.45) is 10.9 Å². The molecule has 0 fully saturated rings. The summed E-state index contributed by atoms with van der Waals surface area (Å²) in [6.45, 7) is 4.32. The van der Waals surface area contributed by atoms with E-state index in [1.807, 2.05) is 25.2 Å². The monoisotopic (exact) mass is 313 g/mol. The lowest BCUT2D eigenvalue weighted by Crippen LogP contribution is -2.32. The molecule has 0 aliphatic carbocycles. The highest BCUT2D eigenvalue weighted by atomic mass is 79.9. The number of nitrogens with two attached hydrogens (primary N) is 1. The number of benzene rings is 1. The lowest BCUT2D eigenvalue weighted by atomic mass is 10.1. The molecular weight excluding hydrogens is 294 g/mol. The van der Waals surface area contributed by atoms with Crippen LogP contribution in [0, 0.1) is 0 Å². The fourth-order valence-corrected chi connectivity index (χ4v) is 2.70. The van der Waals surface area contributed by atoms with E-state index in [1.165, 1.54) is 0 Å². The molecule has 0 aliphatic heterocycles. The second kappa shape index (κ2) is 6.64. The van der Waals surface area contributed by atoms with Crippen LogP contribution in [-0.4, -0.2) is 24.1 Å². The normalized spacial score (nSPS) is 11.9. The number of hydrogen-bond donors (Lipinski definition) is 2. The van der Waals surface area contributed by atoms with Gasteiger partial charge in [0, 0.05) is 23.2 Å². The van der Waals surface area contributed by atoms with Crippen LogP contribution in [0.25, 0.3) is 0 Å². The third-order valence-corrected chi connectivity index (χ3v) is 3.89. The van der Waals surface area contributed by atoms with E-state index < -0.39 is 0 Å². The van der Waals surface area contributed by atoms with E-state index in [0.717, 1.165) is 28.6 Å². The van der Waals surface area contributed by atoms with Gasteiger partial charge in [0.25, 0.3) is 0 Å². The van der Waals surface area contributed by atoms with Crippen LogP contribution < -0.4 is 10.6 Å². The highest BCUT2D eigenvalue weighted by molar-refractivity contribution is 9.10. The van der Waals surface area contributed by atoms with Crippen LogP contribution in [0.15, 0.2) is 27.8 Å². The van der Waals surface area contributed by atoms with E-state index in [-0.39, 0.29) is 5.84 Å². The summed E-state index contributed by atoms with van der Waals surface area (Å²) in [6.07, 6.45) is 2.10. The topological polar surface area (TPSA) is 61.8 Å². The molecule has 0 unspecified atom stereocenters. The van der Waals surface area contributed by atoms with Crippen LogP contribution in [0.1, 0.15) is 32.3 Å². The van der Waals surface area contributed by atoms with Gasteiger partial charge in [-0.3, -0.25) is 0 Å². The fourth-order valence-electron chi connectivity index (χ4n) is 2.14. The van der Waals surface area contributed by atoms with Crippen molar-refractivity contribution in [3.05, 3.63) is 28.2 Å². The van der Waals surface area contributed by atoms with Gasteiger partial charge in [-0.25, -0.2) is 0 Å². The van der Waals surface area contributed by atoms with E-state index >= 15 is 0 Å². The molecule has 0 aliphatic rings. The number of hydrogen-bond acceptors (Lipinski definition) is 3. The lowest BCUT2D eigenvalue weighted by molar-refractivity contribution is 0.318. The van der Waals surface area contributed by atoms with Gasteiger partial charge in [0.05, 0.1) is 5.56 Å². The first-order valence-electron chi connectivity index (χ1n) is 6.06. The minimum Gasteiger partial charge on any atom is -0.409 e. The SMILES string of the molecule is CCC(CC)N(C)c1cccc(Br)c1/C(N)=N/O. The Kier molecular flexibility index (Phi) is 5.47. The highest BCUT2D eigenvalue weighted by Crippen LogP contribution is 2.29. The Morgan fingerprint density at radius 3 is 2.56 bits per heavy atom. The standard InChI is InChI=1S/C13H20BrN3O/c1-4-9(5-2)17(3)11-8-6-7-10(14)12(11)13(15)16-18/h6-9,18H,4-5H2,1-3H3,(H2,15,16). The maximum Gasteiger partial charge on any atom is 0.173 e. The molecule has 0 saturated heterocycles. The summed E-state index contributed by atoms with van der Waals surface area (Å²) in [5, 5.41) is 12.0. The van der Waals surface area contributed by atoms with Gasteiger partial charge < -0.3 is 15.8 Å². The zero-order chi connectivity index (χ0) is 13.7. The molecule has 0 radical (unpaired) electrons. The average molecular weight is 314 g/mol. The maximum atomic E-state index is 8.90. The molecule has 5 heteroatoms. The van der Waals surface area contributed by atoms with Crippen molar-refractivity contribution in [1.82, 2.24) is 0 Å². The van der Waals surface area contributed by atoms with Gasteiger partial charge in [0.15, 0.2) is 5.84 Å². The Morgan fingerprint density at radius 1 is 1.44 bits per heavy atom.